The van der Waals surface area contributed by atoms with Crippen LogP contribution in [0.25, 0.3) is 0 Å². The predicted molar refractivity (Wildman–Crippen MR) is 117 cm³/mol. The van der Waals surface area contributed by atoms with Crippen molar-refractivity contribution in [1.82, 2.24) is 5.48 Å². The third kappa shape index (κ3) is 2.88. The molecule has 0 spiro atoms. The summed E-state index contributed by atoms with van der Waals surface area (Å²) in [6.07, 6.45) is 9.62. The minimum atomic E-state index is -0.146. The normalized spacial score (nSPS) is 19.9. The van der Waals surface area contributed by atoms with Gasteiger partial charge in [0.25, 0.3) is 0 Å². The summed E-state index contributed by atoms with van der Waals surface area (Å²) in [6, 6.07) is 9.30. The molecule has 152 valence electrons. The molecule has 6 rings (SSSR count). The van der Waals surface area contributed by atoms with E-state index in [2.05, 4.69) is 39.5 Å². The third-order valence-corrected chi connectivity index (χ3v) is 7.51. The highest BCUT2D eigenvalue weighted by atomic mass is 16.5. The summed E-state index contributed by atoms with van der Waals surface area (Å²) in [4.78, 5) is 5.17. The number of nitrogens with one attached hydrogen (secondary N) is 1. The Hall–Kier alpha value is -2.04. The third-order valence-electron chi connectivity index (χ3n) is 7.51. The number of rotatable bonds is 3. The molecule has 4 heteroatoms. The van der Waals surface area contributed by atoms with Crippen LogP contribution in [-0.4, -0.2) is 31.4 Å². The van der Waals surface area contributed by atoms with Gasteiger partial charge in [-0.15, -0.1) is 0 Å². The zero-order chi connectivity index (χ0) is 19.4. The Balaban J connectivity index is 1.44. The summed E-state index contributed by atoms with van der Waals surface area (Å²) in [5.41, 5.74) is 14.0. The zero-order valence-corrected chi connectivity index (χ0v) is 17.2. The molecule has 0 amide bonds. The Kier molecular flexibility index (Phi) is 4.31. The molecule has 0 aliphatic carbocycles. The van der Waals surface area contributed by atoms with E-state index in [0.29, 0.717) is 0 Å². The SMILES string of the molecule is ONC(c1cc2c3c(c1)CCCN3CCC2)c1cc2c3c(c1)CCCN3CCC2. The predicted octanol–water partition coefficient (Wildman–Crippen LogP) is 4.15. The highest BCUT2D eigenvalue weighted by Gasteiger charge is 2.28. The molecule has 2 N–H and O–H groups in total. The number of hydroxylamine groups is 1. The number of anilines is 2. The van der Waals surface area contributed by atoms with Crippen molar-refractivity contribution in [2.45, 2.75) is 57.4 Å². The van der Waals surface area contributed by atoms with Gasteiger partial charge in [-0.05, 0) is 84.7 Å². The fourth-order valence-electron chi connectivity index (χ4n) is 6.34. The highest BCUT2D eigenvalue weighted by Crippen LogP contribution is 2.41. The average Bonchev–Trinajstić information content (AvgIpc) is 2.75. The van der Waals surface area contributed by atoms with Crippen LogP contribution in [0.2, 0.25) is 0 Å². The number of hydrogen-bond acceptors (Lipinski definition) is 4. The van der Waals surface area contributed by atoms with Gasteiger partial charge in [-0.1, -0.05) is 24.3 Å². The van der Waals surface area contributed by atoms with Gasteiger partial charge in [0, 0.05) is 37.6 Å². The number of benzene rings is 2. The fourth-order valence-corrected chi connectivity index (χ4v) is 6.34. The first-order chi connectivity index (χ1) is 14.3. The van der Waals surface area contributed by atoms with Crippen molar-refractivity contribution in [2.24, 2.45) is 0 Å². The second-order valence-electron chi connectivity index (χ2n) is 9.33. The Morgan fingerprint density at radius 2 is 0.966 bits per heavy atom. The van der Waals surface area contributed by atoms with E-state index in [1.165, 1.54) is 96.6 Å². The lowest BCUT2D eigenvalue weighted by atomic mass is 9.84. The van der Waals surface area contributed by atoms with Gasteiger partial charge in [0.1, 0.15) is 0 Å². The Bertz CT molecular complexity index is 816. The lowest BCUT2D eigenvalue weighted by molar-refractivity contribution is 0.141. The zero-order valence-electron chi connectivity index (χ0n) is 17.2. The second kappa shape index (κ2) is 7.03. The van der Waals surface area contributed by atoms with Crippen LogP contribution < -0.4 is 15.3 Å². The van der Waals surface area contributed by atoms with Crippen LogP contribution in [0, 0.1) is 0 Å². The van der Waals surface area contributed by atoms with Gasteiger partial charge in [-0.2, -0.15) is 5.48 Å². The van der Waals surface area contributed by atoms with Crippen LogP contribution in [0.4, 0.5) is 11.4 Å². The van der Waals surface area contributed by atoms with E-state index >= 15 is 0 Å². The van der Waals surface area contributed by atoms with Gasteiger partial charge in [0.15, 0.2) is 0 Å². The fraction of sp³-hybridized carbons (Fsp3) is 0.520. The molecule has 0 fully saturated rings. The van der Waals surface area contributed by atoms with Crippen LogP contribution in [0.3, 0.4) is 0 Å². The van der Waals surface area contributed by atoms with Gasteiger partial charge in [-0.3, -0.25) is 0 Å². The molecular weight excluding hydrogens is 358 g/mol. The average molecular weight is 390 g/mol. The molecule has 4 nitrogen and oxygen atoms in total. The lowest BCUT2D eigenvalue weighted by Gasteiger charge is -2.38. The summed E-state index contributed by atoms with van der Waals surface area (Å²) in [7, 11) is 0. The van der Waals surface area contributed by atoms with E-state index in [1.54, 1.807) is 0 Å². The van der Waals surface area contributed by atoms with Crippen LogP contribution in [0.5, 0.6) is 0 Å². The molecule has 0 saturated heterocycles. The first-order valence-electron chi connectivity index (χ1n) is 11.5. The molecule has 29 heavy (non-hydrogen) atoms. The van der Waals surface area contributed by atoms with Gasteiger partial charge >= 0.3 is 0 Å². The Morgan fingerprint density at radius 1 is 0.621 bits per heavy atom. The Labute approximate surface area is 173 Å². The molecule has 0 unspecified atom stereocenters. The summed E-state index contributed by atoms with van der Waals surface area (Å²) < 4.78 is 0. The van der Waals surface area contributed by atoms with Crippen LogP contribution in [0.1, 0.15) is 65.1 Å². The number of aryl methyl sites for hydroxylation is 4. The van der Waals surface area contributed by atoms with Crippen molar-refractivity contribution in [3.8, 4) is 0 Å². The van der Waals surface area contributed by atoms with Crippen molar-refractivity contribution < 1.29 is 5.21 Å². The van der Waals surface area contributed by atoms with Crippen molar-refractivity contribution in [3.63, 3.8) is 0 Å². The minimum Gasteiger partial charge on any atom is -0.371 e. The van der Waals surface area contributed by atoms with Crippen LogP contribution in [-0.2, 0) is 25.7 Å². The van der Waals surface area contributed by atoms with Crippen LogP contribution in [0.15, 0.2) is 24.3 Å². The largest absolute Gasteiger partial charge is 0.371 e. The molecule has 4 aliphatic heterocycles. The van der Waals surface area contributed by atoms with Crippen LogP contribution >= 0.6 is 0 Å². The second-order valence-corrected chi connectivity index (χ2v) is 9.33. The molecule has 4 aliphatic rings. The van der Waals surface area contributed by atoms with Crippen molar-refractivity contribution in [3.05, 3.63) is 57.6 Å². The van der Waals surface area contributed by atoms with Crippen molar-refractivity contribution in [2.75, 3.05) is 36.0 Å². The van der Waals surface area contributed by atoms with E-state index < -0.39 is 0 Å². The van der Waals surface area contributed by atoms with Gasteiger partial charge < -0.3 is 15.0 Å². The van der Waals surface area contributed by atoms with Gasteiger partial charge in [0.2, 0.25) is 0 Å². The number of hydrogen-bond donors (Lipinski definition) is 2. The van der Waals surface area contributed by atoms with Gasteiger partial charge in [0.05, 0.1) is 6.04 Å². The lowest BCUT2D eigenvalue weighted by Crippen LogP contribution is -2.35. The summed E-state index contributed by atoms with van der Waals surface area (Å²) in [6.45, 7) is 4.80. The maximum Gasteiger partial charge on any atom is 0.0819 e. The Morgan fingerprint density at radius 3 is 1.28 bits per heavy atom. The topological polar surface area (TPSA) is 38.7 Å². The van der Waals surface area contributed by atoms with E-state index in [0.717, 1.165) is 25.7 Å². The maximum atomic E-state index is 10.2. The molecule has 0 saturated carbocycles. The quantitative estimate of drug-likeness (QED) is 0.774. The number of nitrogens with zero attached hydrogens (tertiary/aromatic N) is 2. The molecular formula is C25H31N3O. The van der Waals surface area contributed by atoms with E-state index in [9.17, 15) is 5.21 Å². The smallest absolute Gasteiger partial charge is 0.0819 e. The van der Waals surface area contributed by atoms with Gasteiger partial charge in [-0.25, -0.2) is 0 Å². The van der Waals surface area contributed by atoms with Crippen molar-refractivity contribution >= 4 is 11.4 Å². The van der Waals surface area contributed by atoms with E-state index in [-0.39, 0.29) is 6.04 Å². The molecule has 0 aromatic heterocycles. The molecule has 2 aromatic carbocycles. The minimum absolute atomic E-state index is 0.146. The molecule has 2 aromatic rings. The first-order valence-corrected chi connectivity index (χ1v) is 11.5. The molecule has 0 radical (unpaired) electrons. The molecule has 4 heterocycles. The summed E-state index contributed by atoms with van der Waals surface area (Å²) in [5, 5.41) is 10.2. The van der Waals surface area contributed by atoms with Crippen molar-refractivity contribution in [1.29, 1.82) is 0 Å². The summed E-state index contributed by atoms with van der Waals surface area (Å²) in [5.74, 6) is 0. The standard InChI is InChI=1S/C25H31N3O/c29-26-23(21-13-17-5-1-9-27-10-2-6-18(14-21)24(17)27)22-15-19-7-3-11-28-12-4-8-20(16-22)25(19)28/h13-16,23,26,29H,1-12H2. The highest BCUT2D eigenvalue weighted by molar-refractivity contribution is 5.67. The monoisotopic (exact) mass is 389 g/mol. The van der Waals surface area contributed by atoms with E-state index in [4.69, 9.17) is 0 Å². The summed E-state index contributed by atoms with van der Waals surface area (Å²) >= 11 is 0. The first kappa shape index (κ1) is 17.8. The van der Waals surface area contributed by atoms with E-state index in [1.807, 2.05) is 0 Å². The molecule has 0 atom stereocenters. The molecule has 0 bridgehead atoms. The maximum absolute atomic E-state index is 10.2.